The molecule has 0 aliphatic heterocycles. The van der Waals surface area contributed by atoms with E-state index in [4.69, 9.17) is 0 Å². The summed E-state index contributed by atoms with van der Waals surface area (Å²) in [5.74, 6) is -0.441. The van der Waals surface area contributed by atoms with Gasteiger partial charge in [-0.25, -0.2) is 13.4 Å². The fraction of sp³-hybridized carbons (Fsp3) is 0.278. The Kier molecular flexibility index (Phi) is 5.64. The van der Waals surface area contributed by atoms with E-state index in [-0.39, 0.29) is 10.5 Å². The highest BCUT2D eigenvalue weighted by molar-refractivity contribution is 7.89. The van der Waals surface area contributed by atoms with E-state index in [1.54, 1.807) is 32.5 Å². The molecule has 0 bridgehead atoms. The van der Waals surface area contributed by atoms with Gasteiger partial charge in [0, 0.05) is 48.7 Å². The largest absolute Gasteiger partial charge is 0.322 e. The van der Waals surface area contributed by atoms with E-state index in [9.17, 15) is 18.0 Å². The lowest BCUT2D eigenvalue weighted by Gasteiger charge is -2.19. The molecule has 10 heteroatoms. The number of nitrogens with one attached hydrogen (secondary N) is 1. The third kappa shape index (κ3) is 3.58. The molecular formula is C18H20N4O4S2. The van der Waals surface area contributed by atoms with Crippen LogP contribution in [0.15, 0.2) is 45.5 Å². The molecule has 0 aliphatic rings. The number of carbonyl (C=O) groups is 1. The molecule has 28 heavy (non-hydrogen) atoms. The first-order chi connectivity index (χ1) is 13.3. The quantitative estimate of drug-likeness (QED) is 0.659. The first kappa shape index (κ1) is 20.2. The summed E-state index contributed by atoms with van der Waals surface area (Å²) in [7, 11) is -2.14. The van der Waals surface area contributed by atoms with E-state index in [2.05, 4.69) is 9.97 Å². The molecular weight excluding hydrogens is 400 g/mol. The smallest absolute Gasteiger partial charge is 0.260 e. The van der Waals surface area contributed by atoms with Crippen molar-refractivity contribution in [3.8, 4) is 0 Å². The van der Waals surface area contributed by atoms with Crippen molar-refractivity contribution in [3.63, 3.8) is 0 Å². The normalized spacial score (nSPS) is 11.9. The van der Waals surface area contributed by atoms with E-state index in [1.807, 2.05) is 0 Å². The summed E-state index contributed by atoms with van der Waals surface area (Å²) < 4.78 is 27.1. The third-order valence-electron chi connectivity index (χ3n) is 4.40. The molecule has 3 rings (SSSR count). The molecule has 2 aromatic heterocycles. The molecule has 148 valence electrons. The number of rotatable bonds is 6. The Morgan fingerprint density at radius 2 is 1.93 bits per heavy atom. The number of thiazole rings is 1. The van der Waals surface area contributed by atoms with Gasteiger partial charge in [0.25, 0.3) is 5.91 Å². The maximum atomic E-state index is 13.0. The number of fused-ring (bicyclic) bond motifs is 1. The molecule has 1 N–H and O–H groups in total. The van der Waals surface area contributed by atoms with Gasteiger partial charge < -0.3 is 4.98 Å². The van der Waals surface area contributed by atoms with Crippen LogP contribution in [-0.2, 0) is 10.0 Å². The standard InChI is InChI=1S/C18H20N4O4S2/c1-4-22(5-2)28(25,26)12-6-7-15-13(10-12)14(11-16(23)20-15)17(24)21(3)18-19-8-9-27-18/h6-11H,4-5H2,1-3H3,(H,20,23). The van der Waals surface area contributed by atoms with E-state index in [0.717, 1.165) is 0 Å². The van der Waals surface area contributed by atoms with Gasteiger partial charge in [-0.2, -0.15) is 4.31 Å². The van der Waals surface area contributed by atoms with Gasteiger partial charge in [0.2, 0.25) is 15.6 Å². The molecule has 0 saturated heterocycles. The van der Waals surface area contributed by atoms with Crippen LogP contribution in [0.3, 0.4) is 0 Å². The van der Waals surface area contributed by atoms with Crippen LogP contribution in [-0.4, -0.2) is 48.7 Å². The molecule has 3 aromatic rings. The highest BCUT2D eigenvalue weighted by atomic mass is 32.2. The summed E-state index contributed by atoms with van der Waals surface area (Å²) in [6.45, 7) is 4.19. The SMILES string of the molecule is CCN(CC)S(=O)(=O)c1ccc2[nH]c(=O)cc(C(=O)N(C)c3nccs3)c2c1. The summed E-state index contributed by atoms with van der Waals surface area (Å²) in [5.41, 5.74) is 0.0673. The van der Waals surface area contributed by atoms with Crippen LogP contribution in [0, 0.1) is 0 Å². The highest BCUT2D eigenvalue weighted by Crippen LogP contribution is 2.25. The maximum absolute atomic E-state index is 13.0. The van der Waals surface area contributed by atoms with E-state index in [1.165, 1.54) is 44.8 Å². The number of H-pyrrole nitrogens is 1. The molecule has 8 nitrogen and oxygen atoms in total. The van der Waals surface area contributed by atoms with Crippen molar-refractivity contribution in [2.45, 2.75) is 18.7 Å². The summed E-state index contributed by atoms with van der Waals surface area (Å²) in [6, 6.07) is 5.56. The van der Waals surface area contributed by atoms with Crippen LogP contribution in [0.25, 0.3) is 10.9 Å². The molecule has 0 saturated carbocycles. The Morgan fingerprint density at radius 3 is 2.54 bits per heavy atom. The van der Waals surface area contributed by atoms with Gasteiger partial charge in [-0.15, -0.1) is 11.3 Å². The summed E-state index contributed by atoms with van der Waals surface area (Å²) in [6.07, 6.45) is 1.58. The van der Waals surface area contributed by atoms with Crippen molar-refractivity contribution in [2.24, 2.45) is 0 Å². The van der Waals surface area contributed by atoms with Gasteiger partial charge in [-0.3, -0.25) is 14.5 Å². The van der Waals surface area contributed by atoms with Crippen LogP contribution in [0.5, 0.6) is 0 Å². The average molecular weight is 421 g/mol. The number of carbonyl (C=O) groups excluding carboxylic acids is 1. The lowest BCUT2D eigenvalue weighted by Crippen LogP contribution is -2.31. The molecule has 2 heterocycles. The molecule has 1 aromatic carbocycles. The topological polar surface area (TPSA) is 103 Å². The number of hydrogen-bond acceptors (Lipinski definition) is 6. The Balaban J connectivity index is 2.18. The van der Waals surface area contributed by atoms with Crippen LogP contribution in [0.1, 0.15) is 24.2 Å². The number of amides is 1. The minimum Gasteiger partial charge on any atom is -0.322 e. The Morgan fingerprint density at radius 1 is 1.21 bits per heavy atom. The maximum Gasteiger partial charge on any atom is 0.260 e. The number of anilines is 1. The monoisotopic (exact) mass is 420 g/mol. The predicted molar refractivity (Wildman–Crippen MR) is 110 cm³/mol. The van der Waals surface area contributed by atoms with Crippen molar-refractivity contribution in [1.29, 1.82) is 0 Å². The zero-order valence-corrected chi connectivity index (χ0v) is 17.3. The van der Waals surface area contributed by atoms with Crippen molar-refractivity contribution < 1.29 is 13.2 Å². The molecule has 0 atom stereocenters. The van der Waals surface area contributed by atoms with Crippen molar-refractivity contribution in [1.82, 2.24) is 14.3 Å². The number of pyridine rings is 1. The van der Waals surface area contributed by atoms with Crippen molar-refractivity contribution in [2.75, 3.05) is 25.0 Å². The van der Waals surface area contributed by atoms with E-state index in [0.29, 0.717) is 29.1 Å². The number of nitrogens with zero attached hydrogens (tertiary/aromatic N) is 3. The predicted octanol–water partition coefficient (Wildman–Crippen LogP) is 2.29. The third-order valence-corrected chi connectivity index (χ3v) is 7.29. The van der Waals surface area contributed by atoms with Crippen molar-refractivity contribution in [3.05, 3.63) is 51.8 Å². The molecule has 0 spiro atoms. The summed E-state index contributed by atoms with van der Waals surface area (Å²) in [5, 5.41) is 2.58. The first-order valence-corrected chi connectivity index (χ1v) is 11.0. The second-order valence-electron chi connectivity index (χ2n) is 6.02. The first-order valence-electron chi connectivity index (χ1n) is 8.64. The Labute approximate surface area is 166 Å². The lowest BCUT2D eigenvalue weighted by molar-refractivity contribution is 0.0994. The number of aromatic amines is 1. The molecule has 1 amide bonds. The van der Waals surface area contributed by atoms with Gasteiger partial charge in [-0.1, -0.05) is 13.8 Å². The lowest BCUT2D eigenvalue weighted by atomic mass is 10.1. The number of aromatic nitrogens is 2. The zero-order valence-electron chi connectivity index (χ0n) is 15.7. The molecule has 0 unspecified atom stereocenters. The Hall–Kier alpha value is -2.56. The molecule has 0 radical (unpaired) electrons. The van der Waals surface area contributed by atoms with Gasteiger partial charge in [0.05, 0.1) is 10.5 Å². The van der Waals surface area contributed by atoms with E-state index < -0.39 is 21.5 Å². The highest BCUT2D eigenvalue weighted by Gasteiger charge is 2.24. The van der Waals surface area contributed by atoms with Gasteiger partial charge in [0.15, 0.2) is 5.13 Å². The van der Waals surface area contributed by atoms with Gasteiger partial charge in [-0.05, 0) is 18.2 Å². The number of sulfonamides is 1. The summed E-state index contributed by atoms with van der Waals surface area (Å²) in [4.78, 5) is 33.2. The fourth-order valence-corrected chi connectivity index (χ4v) is 5.02. The summed E-state index contributed by atoms with van der Waals surface area (Å²) >= 11 is 1.29. The Bertz CT molecular complexity index is 1170. The number of benzene rings is 1. The van der Waals surface area contributed by atoms with Gasteiger partial charge >= 0.3 is 0 Å². The zero-order chi connectivity index (χ0) is 20.5. The second kappa shape index (κ2) is 7.82. The van der Waals surface area contributed by atoms with Crippen LogP contribution in [0.4, 0.5) is 5.13 Å². The van der Waals surface area contributed by atoms with Crippen molar-refractivity contribution >= 4 is 43.3 Å². The minimum atomic E-state index is -3.70. The minimum absolute atomic E-state index is 0.0710. The molecule has 0 aliphatic carbocycles. The average Bonchev–Trinajstić information content (AvgIpc) is 3.21. The van der Waals surface area contributed by atoms with Gasteiger partial charge in [0.1, 0.15) is 0 Å². The van der Waals surface area contributed by atoms with Crippen LogP contribution in [0.2, 0.25) is 0 Å². The second-order valence-corrected chi connectivity index (χ2v) is 8.83. The number of hydrogen-bond donors (Lipinski definition) is 1. The fourth-order valence-electron chi connectivity index (χ4n) is 2.93. The van der Waals surface area contributed by atoms with E-state index >= 15 is 0 Å². The van der Waals surface area contributed by atoms with Crippen LogP contribution >= 0.6 is 11.3 Å². The molecule has 0 fully saturated rings. The van der Waals surface area contributed by atoms with Crippen LogP contribution < -0.4 is 10.5 Å².